The van der Waals surface area contributed by atoms with Gasteiger partial charge in [-0.1, -0.05) is 29.6 Å². The number of benzene rings is 1. The van der Waals surface area contributed by atoms with Crippen LogP contribution in [0.5, 0.6) is 0 Å². The van der Waals surface area contributed by atoms with Gasteiger partial charge in [0.05, 0.1) is 30.2 Å². The molecule has 1 N–H and O–H groups in total. The molecule has 2 atom stereocenters. The van der Waals surface area contributed by atoms with Crippen molar-refractivity contribution < 1.29 is 9.69 Å². The number of quaternary nitrogens is 1. The zero-order valence-corrected chi connectivity index (χ0v) is 14.3. The second-order valence-electron chi connectivity index (χ2n) is 6.08. The van der Waals surface area contributed by atoms with Gasteiger partial charge in [0.2, 0.25) is 0 Å². The summed E-state index contributed by atoms with van der Waals surface area (Å²) in [7, 11) is 6.23. The summed E-state index contributed by atoms with van der Waals surface area (Å²) in [5.41, 5.74) is 0.602. The highest BCUT2D eigenvalue weighted by atomic mass is 35.5. The topological polar surface area (TPSA) is 24.8 Å². The highest BCUT2D eigenvalue weighted by Crippen LogP contribution is 2.25. The number of halogens is 2. The van der Waals surface area contributed by atoms with E-state index in [9.17, 15) is 4.79 Å². The molecule has 0 radical (unpaired) electrons. The lowest BCUT2D eigenvalue weighted by molar-refractivity contribution is -0.889. The molecule has 1 fully saturated rings. The Hall–Kier alpha value is -0.770. The van der Waals surface area contributed by atoms with Gasteiger partial charge in [0, 0.05) is 19.0 Å². The molecule has 1 amide bonds. The van der Waals surface area contributed by atoms with Gasteiger partial charge < -0.3 is 9.80 Å². The van der Waals surface area contributed by atoms with E-state index in [1.165, 1.54) is 24.2 Å². The summed E-state index contributed by atoms with van der Waals surface area (Å²) >= 11 is 11.9. The van der Waals surface area contributed by atoms with Crippen molar-refractivity contribution >= 4 is 29.1 Å². The van der Waals surface area contributed by atoms with Crippen LogP contribution in [0.3, 0.4) is 0 Å². The average molecular weight is 330 g/mol. The fourth-order valence-electron chi connectivity index (χ4n) is 3.23. The fraction of sp³-hybridized carbons (Fsp3) is 0.562. The highest BCUT2D eigenvalue weighted by molar-refractivity contribution is 6.42. The van der Waals surface area contributed by atoms with E-state index in [0.717, 1.165) is 6.42 Å². The third-order valence-corrected chi connectivity index (χ3v) is 5.19. The largest absolute Gasteiger partial charge is 0.336 e. The molecular weight excluding hydrogens is 307 g/mol. The predicted molar refractivity (Wildman–Crippen MR) is 87.4 cm³/mol. The minimum Gasteiger partial charge on any atom is -0.336 e. The Balaban J connectivity index is 2.18. The van der Waals surface area contributed by atoms with E-state index < -0.39 is 0 Å². The molecule has 0 spiro atoms. The number of rotatable bonds is 3. The molecule has 1 saturated carbocycles. The number of carbonyl (C=O) groups excluding carboxylic acids is 1. The summed E-state index contributed by atoms with van der Waals surface area (Å²) in [5.74, 6) is 0.0201. The Labute approximate surface area is 136 Å². The van der Waals surface area contributed by atoms with Gasteiger partial charge in [0.25, 0.3) is 5.91 Å². The molecule has 3 nitrogen and oxygen atoms in total. The molecular formula is C16H23Cl2N2O+. The Morgan fingerprint density at radius 3 is 2.48 bits per heavy atom. The van der Waals surface area contributed by atoms with E-state index in [2.05, 4.69) is 14.1 Å². The fourth-order valence-corrected chi connectivity index (χ4v) is 3.53. The lowest BCUT2D eigenvalue weighted by Gasteiger charge is -2.38. The van der Waals surface area contributed by atoms with Crippen LogP contribution in [-0.4, -0.2) is 44.0 Å². The van der Waals surface area contributed by atoms with Crippen molar-refractivity contribution in [1.29, 1.82) is 0 Å². The number of nitrogens with zero attached hydrogens (tertiary/aromatic N) is 1. The Morgan fingerprint density at radius 2 is 1.86 bits per heavy atom. The molecule has 116 valence electrons. The van der Waals surface area contributed by atoms with Gasteiger partial charge in [-0.2, -0.15) is 0 Å². The summed E-state index contributed by atoms with van der Waals surface area (Å²) in [6.07, 6.45) is 4.68. The summed E-state index contributed by atoms with van der Waals surface area (Å²) in [5, 5.41) is 0.901. The second-order valence-corrected chi connectivity index (χ2v) is 6.89. The smallest absolute Gasteiger partial charge is 0.254 e. The predicted octanol–water partition coefficient (Wildman–Crippen LogP) is 2.52. The molecule has 0 saturated heterocycles. The van der Waals surface area contributed by atoms with Crippen LogP contribution in [-0.2, 0) is 0 Å². The lowest BCUT2D eigenvalue weighted by atomic mass is 9.88. The molecule has 21 heavy (non-hydrogen) atoms. The van der Waals surface area contributed by atoms with Gasteiger partial charge in [-0.05, 0) is 31.0 Å². The van der Waals surface area contributed by atoms with Gasteiger partial charge >= 0.3 is 0 Å². The van der Waals surface area contributed by atoms with Gasteiger partial charge in [0.1, 0.15) is 6.04 Å². The van der Waals surface area contributed by atoms with E-state index in [4.69, 9.17) is 23.2 Å². The molecule has 1 aliphatic carbocycles. The number of likely N-dealkylation sites (N-methyl/N-ethyl adjacent to an activating group) is 2. The number of nitrogens with one attached hydrogen (secondary N) is 1. The first kappa shape index (κ1) is 16.6. The summed E-state index contributed by atoms with van der Waals surface area (Å²) < 4.78 is 0. The zero-order valence-electron chi connectivity index (χ0n) is 12.8. The molecule has 1 aliphatic rings. The van der Waals surface area contributed by atoms with E-state index in [1.54, 1.807) is 18.2 Å². The quantitative estimate of drug-likeness (QED) is 0.905. The third kappa shape index (κ3) is 3.71. The number of hydrogen-bond acceptors (Lipinski definition) is 1. The van der Waals surface area contributed by atoms with E-state index in [0.29, 0.717) is 21.7 Å². The van der Waals surface area contributed by atoms with Crippen LogP contribution in [0.15, 0.2) is 18.2 Å². The number of carbonyl (C=O) groups is 1. The first-order valence-corrected chi connectivity index (χ1v) is 8.19. The van der Waals surface area contributed by atoms with Crippen molar-refractivity contribution in [2.24, 2.45) is 0 Å². The summed E-state index contributed by atoms with van der Waals surface area (Å²) in [6.45, 7) is 0. The summed E-state index contributed by atoms with van der Waals surface area (Å²) in [6, 6.07) is 5.86. The maximum absolute atomic E-state index is 12.7. The SMILES string of the molecule is CN(C(=O)c1ccc(Cl)c(Cl)c1)C1CCCCC1[NH+](C)C. The Morgan fingerprint density at radius 1 is 1.19 bits per heavy atom. The van der Waals surface area contributed by atoms with Crippen LogP contribution >= 0.6 is 23.2 Å². The first-order valence-electron chi connectivity index (χ1n) is 7.44. The maximum Gasteiger partial charge on any atom is 0.254 e. The van der Waals surface area contributed by atoms with Crippen LogP contribution < -0.4 is 4.90 Å². The number of hydrogen-bond donors (Lipinski definition) is 1. The van der Waals surface area contributed by atoms with Crippen molar-refractivity contribution in [2.75, 3.05) is 21.1 Å². The van der Waals surface area contributed by atoms with Crippen molar-refractivity contribution in [3.8, 4) is 0 Å². The van der Waals surface area contributed by atoms with Crippen molar-refractivity contribution in [3.05, 3.63) is 33.8 Å². The maximum atomic E-state index is 12.7. The van der Waals surface area contributed by atoms with Gasteiger partial charge in [-0.15, -0.1) is 0 Å². The molecule has 0 aromatic heterocycles. The molecule has 2 rings (SSSR count). The minimum absolute atomic E-state index is 0.0201. The Bertz CT molecular complexity index is 519. The molecule has 0 aliphatic heterocycles. The van der Waals surface area contributed by atoms with Crippen LogP contribution in [0.1, 0.15) is 36.0 Å². The highest BCUT2D eigenvalue weighted by Gasteiger charge is 2.35. The van der Waals surface area contributed by atoms with Crippen molar-refractivity contribution in [3.63, 3.8) is 0 Å². The summed E-state index contributed by atoms with van der Waals surface area (Å²) in [4.78, 5) is 16.0. The second kappa shape index (κ2) is 6.99. The van der Waals surface area contributed by atoms with Gasteiger partial charge in [0.15, 0.2) is 0 Å². The Kier molecular flexibility index (Phi) is 5.53. The van der Waals surface area contributed by atoms with Crippen LogP contribution in [0.2, 0.25) is 10.0 Å². The standard InChI is InChI=1S/C16H22Cl2N2O/c1-19(2)14-6-4-5-7-15(14)20(3)16(21)11-8-9-12(17)13(18)10-11/h8-10,14-15H,4-7H2,1-3H3/p+1. The van der Waals surface area contributed by atoms with Crippen LogP contribution in [0, 0.1) is 0 Å². The van der Waals surface area contributed by atoms with Crippen molar-refractivity contribution in [2.45, 2.75) is 37.8 Å². The van der Waals surface area contributed by atoms with Crippen molar-refractivity contribution in [1.82, 2.24) is 4.90 Å². The molecule has 1 aromatic carbocycles. The van der Waals surface area contributed by atoms with E-state index >= 15 is 0 Å². The normalized spacial score (nSPS) is 22.4. The van der Waals surface area contributed by atoms with Crippen LogP contribution in [0.4, 0.5) is 0 Å². The molecule has 1 aromatic rings. The number of amides is 1. The van der Waals surface area contributed by atoms with Gasteiger partial charge in [-0.3, -0.25) is 4.79 Å². The molecule has 5 heteroatoms. The molecule has 0 bridgehead atoms. The average Bonchev–Trinajstić information content (AvgIpc) is 2.48. The third-order valence-electron chi connectivity index (χ3n) is 4.46. The minimum atomic E-state index is 0.0201. The first-order chi connectivity index (χ1) is 9.91. The lowest BCUT2D eigenvalue weighted by Crippen LogP contribution is -3.12. The molecule has 2 unspecified atom stereocenters. The van der Waals surface area contributed by atoms with E-state index in [-0.39, 0.29) is 11.9 Å². The molecule has 0 heterocycles. The van der Waals surface area contributed by atoms with Crippen LogP contribution in [0.25, 0.3) is 0 Å². The zero-order chi connectivity index (χ0) is 15.6. The van der Waals surface area contributed by atoms with E-state index in [1.807, 2.05) is 11.9 Å². The van der Waals surface area contributed by atoms with Gasteiger partial charge in [-0.25, -0.2) is 0 Å². The monoisotopic (exact) mass is 329 g/mol.